The fraction of sp³-hybridized carbons (Fsp3) is 0.333. The van der Waals surface area contributed by atoms with E-state index < -0.39 is 17.4 Å². The summed E-state index contributed by atoms with van der Waals surface area (Å²) < 4.78 is 30.6. The molecular weight excluding hydrogens is 244 g/mol. The van der Waals surface area contributed by atoms with Crippen LogP contribution in [-0.4, -0.2) is 42.9 Å². The zero-order valence-corrected chi connectivity index (χ0v) is 9.49. The van der Waals surface area contributed by atoms with Crippen LogP contribution in [0.3, 0.4) is 0 Å². The standard InChI is InChI=1S/C12H11F2NO3/c13-9-2-1-8(5-10(9)14)11(16)6-15-3-4-18-7-12(15)17/h1-2,5H,3-4,6-7H2. The highest BCUT2D eigenvalue weighted by molar-refractivity contribution is 5.99. The maximum Gasteiger partial charge on any atom is 0.249 e. The number of hydrogen-bond acceptors (Lipinski definition) is 3. The first-order valence-corrected chi connectivity index (χ1v) is 5.41. The molecule has 18 heavy (non-hydrogen) atoms. The lowest BCUT2D eigenvalue weighted by Crippen LogP contribution is -2.44. The Labute approximate surface area is 102 Å². The van der Waals surface area contributed by atoms with Crippen molar-refractivity contribution in [3.05, 3.63) is 35.4 Å². The lowest BCUT2D eigenvalue weighted by atomic mass is 10.1. The van der Waals surface area contributed by atoms with Gasteiger partial charge in [0.1, 0.15) is 6.61 Å². The smallest absolute Gasteiger partial charge is 0.249 e. The van der Waals surface area contributed by atoms with Gasteiger partial charge >= 0.3 is 0 Å². The van der Waals surface area contributed by atoms with E-state index in [1.54, 1.807) is 0 Å². The molecule has 1 aliphatic rings. The summed E-state index contributed by atoms with van der Waals surface area (Å²) in [6, 6.07) is 2.93. The highest BCUT2D eigenvalue weighted by Gasteiger charge is 2.22. The third-order valence-electron chi connectivity index (χ3n) is 2.66. The molecule has 1 amide bonds. The molecule has 0 N–H and O–H groups in total. The minimum atomic E-state index is -1.07. The summed E-state index contributed by atoms with van der Waals surface area (Å²) in [4.78, 5) is 24.5. The third-order valence-corrected chi connectivity index (χ3v) is 2.66. The van der Waals surface area contributed by atoms with Crippen LogP contribution in [0.4, 0.5) is 8.78 Å². The van der Waals surface area contributed by atoms with E-state index in [1.807, 2.05) is 0 Å². The van der Waals surface area contributed by atoms with Crippen molar-refractivity contribution >= 4 is 11.7 Å². The van der Waals surface area contributed by atoms with Crippen molar-refractivity contribution in [1.82, 2.24) is 4.90 Å². The van der Waals surface area contributed by atoms with Gasteiger partial charge in [-0.2, -0.15) is 0 Å². The zero-order chi connectivity index (χ0) is 13.1. The minimum Gasteiger partial charge on any atom is -0.370 e. The molecule has 0 saturated carbocycles. The number of ether oxygens (including phenoxy) is 1. The maximum absolute atomic E-state index is 13.0. The Hall–Kier alpha value is -1.82. The number of hydrogen-bond donors (Lipinski definition) is 0. The molecule has 6 heteroatoms. The molecule has 0 spiro atoms. The van der Waals surface area contributed by atoms with Gasteiger partial charge in [0.25, 0.3) is 0 Å². The fourth-order valence-corrected chi connectivity index (χ4v) is 1.65. The number of ketones is 1. The molecule has 1 aliphatic heterocycles. The molecule has 1 heterocycles. The fourth-order valence-electron chi connectivity index (χ4n) is 1.65. The maximum atomic E-state index is 13.0. The van der Waals surface area contributed by atoms with E-state index in [-0.39, 0.29) is 24.6 Å². The summed E-state index contributed by atoms with van der Waals surface area (Å²) in [5, 5.41) is 0. The Bertz CT molecular complexity index is 490. The summed E-state index contributed by atoms with van der Waals surface area (Å²) in [5.41, 5.74) is 0.0493. The molecule has 0 bridgehead atoms. The van der Waals surface area contributed by atoms with Gasteiger partial charge in [-0.05, 0) is 18.2 Å². The summed E-state index contributed by atoms with van der Waals surface area (Å²) in [5.74, 6) is -2.79. The quantitative estimate of drug-likeness (QED) is 0.757. The Balaban J connectivity index is 2.07. The average Bonchev–Trinajstić information content (AvgIpc) is 2.35. The van der Waals surface area contributed by atoms with E-state index in [0.717, 1.165) is 12.1 Å². The summed E-state index contributed by atoms with van der Waals surface area (Å²) >= 11 is 0. The van der Waals surface area contributed by atoms with Gasteiger partial charge in [0.05, 0.1) is 13.2 Å². The number of Topliss-reactive ketones (excluding diaryl/α,β-unsaturated/α-hetero) is 1. The van der Waals surface area contributed by atoms with Crippen LogP contribution in [0, 0.1) is 11.6 Å². The van der Waals surface area contributed by atoms with Gasteiger partial charge in [0, 0.05) is 12.1 Å². The molecule has 0 aromatic heterocycles. The molecule has 1 aromatic carbocycles. The molecule has 0 atom stereocenters. The zero-order valence-electron chi connectivity index (χ0n) is 9.49. The first-order chi connectivity index (χ1) is 8.58. The molecule has 0 radical (unpaired) electrons. The molecule has 1 aromatic rings. The highest BCUT2D eigenvalue weighted by Crippen LogP contribution is 2.10. The van der Waals surface area contributed by atoms with Crippen molar-refractivity contribution in [3.63, 3.8) is 0 Å². The van der Waals surface area contributed by atoms with Crippen molar-refractivity contribution in [2.24, 2.45) is 0 Å². The number of rotatable bonds is 3. The number of benzene rings is 1. The molecule has 96 valence electrons. The van der Waals surface area contributed by atoms with Crippen molar-refractivity contribution in [2.45, 2.75) is 0 Å². The molecule has 4 nitrogen and oxygen atoms in total. The normalized spacial score (nSPS) is 15.9. The van der Waals surface area contributed by atoms with Crippen LogP contribution >= 0.6 is 0 Å². The van der Waals surface area contributed by atoms with Crippen molar-refractivity contribution < 1.29 is 23.1 Å². The average molecular weight is 255 g/mol. The van der Waals surface area contributed by atoms with Crippen LogP contribution in [0.5, 0.6) is 0 Å². The Morgan fingerprint density at radius 3 is 2.78 bits per heavy atom. The van der Waals surface area contributed by atoms with Gasteiger partial charge in [0.15, 0.2) is 17.4 Å². The van der Waals surface area contributed by atoms with Gasteiger partial charge < -0.3 is 9.64 Å². The second-order valence-corrected chi connectivity index (χ2v) is 3.92. The monoisotopic (exact) mass is 255 g/mol. The second kappa shape index (κ2) is 5.22. The number of amides is 1. The third kappa shape index (κ3) is 2.70. The summed E-state index contributed by atoms with van der Waals surface area (Å²) in [6.45, 7) is 0.503. The lowest BCUT2D eigenvalue weighted by Gasteiger charge is -2.25. The Morgan fingerprint density at radius 2 is 2.11 bits per heavy atom. The topological polar surface area (TPSA) is 46.6 Å². The van der Waals surface area contributed by atoms with E-state index in [4.69, 9.17) is 4.74 Å². The van der Waals surface area contributed by atoms with Gasteiger partial charge in [-0.15, -0.1) is 0 Å². The number of halogens is 2. The molecule has 0 unspecified atom stereocenters. The molecule has 0 aliphatic carbocycles. The SMILES string of the molecule is O=C(CN1CCOCC1=O)c1ccc(F)c(F)c1. The van der Waals surface area contributed by atoms with E-state index in [0.29, 0.717) is 13.2 Å². The first kappa shape index (κ1) is 12.6. The van der Waals surface area contributed by atoms with Crippen LogP contribution in [0.15, 0.2) is 18.2 Å². The van der Waals surface area contributed by atoms with Crippen LogP contribution in [0.2, 0.25) is 0 Å². The van der Waals surface area contributed by atoms with Gasteiger partial charge in [0.2, 0.25) is 5.91 Å². The minimum absolute atomic E-state index is 0.0493. The number of morpholine rings is 1. The van der Waals surface area contributed by atoms with Crippen molar-refractivity contribution in [3.8, 4) is 0 Å². The molecule has 2 rings (SSSR count). The van der Waals surface area contributed by atoms with E-state index in [2.05, 4.69) is 0 Å². The van der Waals surface area contributed by atoms with Crippen LogP contribution in [-0.2, 0) is 9.53 Å². The van der Waals surface area contributed by atoms with Crippen LogP contribution in [0.25, 0.3) is 0 Å². The summed E-state index contributed by atoms with van der Waals surface area (Å²) in [7, 11) is 0. The van der Waals surface area contributed by atoms with Gasteiger partial charge in [-0.3, -0.25) is 9.59 Å². The molecule has 1 saturated heterocycles. The predicted molar refractivity (Wildman–Crippen MR) is 58.1 cm³/mol. The number of carbonyl (C=O) groups excluding carboxylic acids is 2. The van der Waals surface area contributed by atoms with Gasteiger partial charge in [-0.25, -0.2) is 8.78 Å². The van der Waals surface area contributed by atoms with Crippen molar-refractivity contribution in [2.75, 3.05) is 26.3 Å². The molecular formula is C12H11F2NO3. The Kier molecular flexibility index (Phi) is 3.66. The number of carbonyl (C=O) groups is 2. The van der Waals surface area contributed by atoms with E-state index in [1.165, 1.54) is 11.0 Å². The Morgan fingerprint density at radius 1 is 1.33 bits per heavy atom. The lowest BCUT2D eigenvalue weighted by molar-refractivity contribution is -0.141. The van der Waals surface area contributed by atoms with Crippen LogP contribution < -0.4 is 0 Å². The van der Waals surface area contributed by atoms with Crippen LogP contribution in [0.1, 0.15) is 10.4 Å². The molecule has 1 fully saturated rings. The largest absolute Gasteiger partial charge is 0.370 e. The number of nitrogens with zero attached hydrogens (tertiary/aromatic N) is 1. The van der Waals surface area contributed by atoms with Crippen molar-refractivity contribution in [1.29, 1.82) is 0 Å². The predicted octanol–water partition coefficient (Wildman–Crippen LogP) is 1.01. The summed E-state index contributed by atoms with van der Waals surface area (Å²) in [6.07, 6.45) is 0. The first-order valence-electron chi connectivity index (χ1n) is 5.41. The van der Waals surface area contributed by atoms with E-state index >= 15 is 0 Å². The van der Waals surface area contributed by atoms with E-state index in [9.17, 15) is 18.4 Å². The van der Waals surface area contributed by atoms with Gasteiger partial charge in [-0.1, -0.05) is 0 Å². The highest BCUT2D eigenvalue weighted by atomic mass is 19.2. The second-order valence-electron chi connectivity index (χ2n) is 3.92.